The van der Waals surface area contributed by atoms with Crippen LogP contribution in [0, 0.1) is 0 Å². The number of esters is 2. The van der Waals surface area contributed by atoms with E-state index < -0.39 is 51.1 Å². The molecule has 0 radical (unpaired) electrons. The van der Waals surface area contributed by atoms with Crippen LogP contribution in [0.3, 0.4) is 0 Å². The van der Waals surface area contributed by atoms with Crippen LogP contribution >= 0.6 is 7.82 Å². The zero-order valence-electron chi connectivity index (χ0n) is 36.5. The third-order valence-electron chi connectivity index (χ3n) is 8.52. The quantitative estimate of drug-likeness (QED) is 0.0232. The van der Waals surface area contributed by atoms with E-state index in [0.29, 0.717) is 19.3 Å². The number of carboxylic acid groups (broad SMARTS) is 1. The molecule has 0 heterocycles. The predicted octanol–water partition coefficient (Wildman–Crippen LogP) is 11.8. The molecule has 11 nitrogen and oxygen atoms in total. The molecule has 0 aliphatic carbocycles. The van der Waals surface area contributed by atoms with Gasteiger partial charge in [-0.25, -0.2) is 4.57 Å². The summed E-state index contributed by atoms with van der Waals surface area (Å²) in [4.78, 5) is 46.0. The molecular weight excluding hydrogens is 781 g/mol. The number of carbonyl (C=O) groups is 3. The van der Waals surface area contributed by atoms with Crippen LogP contribution in [0.4, 0.5) is 0 Å². The molecule has 0 spiro atoms. The fraction of sp³-hybridized carbons (Fsp3) is 0.562. The van der Waals surface area contributed by atoms with E-state index in [2.05, 4.69) is 116 Å². The van der Waals surface area contributed by atoms with Gasteiger partial charge in [-0.1, -0.05) is 149 Å². The van der Waals surface area contributed by atoms with Crippen LogP contribution in [0.2, 0.25) is 0 Å². The second-order valence-corrected chi connectivity index (χ2v) is 15.5. The van der Waals surface area contributed by atoms with Gasteiger partial charge in [-0.2, -0.15) is 0 Å². The number of nitrogens with two attached hydrogens (primary N) is 1. The molecule has 0 saturated heterocycles. The lowest BCUT2D eigenvalue weighted by molar-refractivity contribution is -0.161. The van der Waals surface area contributed by atoms with Gasteiger partial charge in [0, 0.05) is 12.8 Å². The van der Waals surface area contributed by atoms with Crippen LogP contribution in [0.5, 0.6) is 0 Å². The molecule has 0 aromatic rings. The van der Waals surface area contributed by atoms with Gasteiger partial charge in [0.1, 0.15) is 12.6 Å². The lowest BCUT2D eigenvalue weighted by atomic mass is 10.1. The van der Waals surface area contributed by atoms with Crippen molar-refractivity contribution in [3.8, 4) is 0 Å². The van der Waals surface area contributed by atoms with Gasteiger partial charge < -0.3 is 25.2 Å². The fourth-order valence-electron chi connectivity index (χ4n) is 5.15. The Morgan fingerprint density at radius 3 is 1.37 bits per heavy atom. The molecule has 0 aliphatic rings. The van der Waals surface area contributed by atoms with Crippen molar-refractivity contribution in [1.29, 1.82) is 0 Å². The molecule has 0 aromatic heterocycles. The number of allylic oxidation sites excluding steroid dienone is 18. The molecule has 0 fully saturated rings. The van der Waals surface area contributed by atoms with Gasteiger partial charge in [-0.05, 0) is 89.9 Å². The number of carbonyl (C=O) groups excluding carboxylic acids is 2. The minimum absolute atomic E-state index is 0.0724. The second kappa shape index (κ2) is 41.9. The average molecular weight is 858 g/mol. The maximum atomic E-state index is 12.6. The normalized spacial score (nSPS) is 14.7. The van der Waals surface area contributed by atoms with Crippen molar-refractivity contribution in [3.05, 3.63) is 109 Å². The summed E-state index contributed by atoms with van der Waals surface area (Å²) in [7, 11) is -4.74. The number of aliphatic carboxylic acids is 1. The lowest BCUT2D eigenvalue weighted by Crippen LogP contribution is -2.34. The zero-order valence-corrected chi connectivity index (χ0v) is 37.4. The number of hydrogen-bond donors (Lipinski definition) is 3. The molecule has 0 aliphatic heterocycles. The van der Waals surface area contributed by atoms with Crippen molar-refractivity contribution in [2.24, 2.45) is 5.73 Å². The average Bonchev–Trinajstić information content (AvgIpc) is 3.22. The van der Waals surface area contributed by atoms with E-state index in [1.807, 2.05) is 12.2 Å². The lowest BCUT2D eigenvalue weighted by Gasteiger charge is -2.20. The monoisotopic (exact) mass is 858 g/mol. The topological polar surface area (TPSA) is 172 Å². The van der Waals surface area contributed by atoms with E-state index in [9.17, 15) is 23.8 Å². The van der Waals surface area contributed by atoms with Crippen LogP contribution in [-0.2, 0) is 37.5 Å². The molecule has 338 valence electrons. The van der Waals surface area contributed by atoms with E-state index >= 15 is 0 Å². The summed E-state index contributed by atoms with van der Waals surface area (Å²) in [5.74, 6) is -2.49. The molecule has 3 atom stereocenters. The van der Waals surface area contributed by atoms with Gasteiger partial charge in [-0.3, -0.25) is 23.4 Å². The Kier molecular flexibility index (Phi) is 39.2. The number of phosphoric acid groups is 1. The Morgan fingerprint density at radius 2 is 0.900 bits per heavy atom. The highest BCUT2D eigenvalue weighted by molar-refractivity contribution is 7.47. The number of phosphoric ester groups is 1. The molecule has 3 unspecified atom stereocenters. The number of ether oxygens (including phenoxy) is 2. The molecule has 4 N–H and O–H groups in total. The van der Waals surface area contributed by atoms with Crippen molar-refractivity contribution < 1.29 is 47.5 Å². The van der Waals surface area contributed by atoms with Crippen molar-refractivity contribution in [3.63, 3.8) is 0 Å². The van der Waals surface area contributed by atoms with E-state index in [-0.39, 0.29) is 19.4 Å². The molecule has 0 bridgehead atoms. The molecule has 12 heteroatoms. The fourth-order valence-corrected chi connectivity index (χ4v) is 5.93. The summed E-state index contributed by atoms with van der Waals surface area (Å²) in [6.07, 6.45) is 54.4. The highest BCUT2D eigenvalue weighted by atomic mass is 31.2. The van der Waals surface area contributed by atoms with Gasteiger partial charge in [0.15, 0.2) is 6.10 Å². The number of rotatable bonds is 39. The summed E-state index contributed by atoms with van der Waals surface area (Å²) >= 11 is 0. The van der Waals surface area contributed by atoms with Crippen molar-refractivity contribution >= 4 is 25.7 Å². The Bertz CT molecular complexity index is 1430. The summed E-state index contributed by atoms with van der Waals surface area (Å²) in [6, 6.07) is -1.54. The first-order valence-corrected chi connectivity index (χ1v) is 23.4. The van der Waals surface area contributed by atoms with Crippen LogP contribution < -0.4 is 5.73 Å². The van der Waals surface area contributed by atoms with Crippen LogP contribution in [0.1, 0.15) is 142 Å². The first-order valence-electron chi connectivity index (χ1n) is 21.9. The predicted molar refractivity (Wildman–Crippen MR) is 244 cm³/mol. The minimum atomic E-state index is -4.74. The van der Waals surface area contributed by atoms with Crippen LogP contribution in [-0.4, -0.2) is 59.9 Å². The first-order chi connectivity index (χ1) is 29.1. The van der Waals surface area contributed by atoms with E-state index in [4.69, 9.17) is 24.8 Å². The van der Waals surface area contributed by atoms with Crippen LogP contribution in [0.15, 0.2) is 109 Å². The second-order valence-electron chi connectivity index (χ2n) is 14.1. The van der Waals surface area contributed by atoms with Crippen molar-refractivity contribution in [2.45, 2.75) is 154 Å². The molecule has 60 heavy (non-hydrogen) atoms. The first kappa shape index (κ1) is 56.1. The summed E-state index contributed by atoms with van der Waals surface area (Å²) in [6.45, 7) is 2.48. The summed E-state index contributed by atoms with van der Waals surface area (Å²) < 4.78 is 32.6. The smallest absolute Gasteiger partial charge is 0.472 e. The maximum Gasteiger partial charge on any atom is 0.472 e. The molecular formula is C48H76NO10P. The zero-order chi connectivity index (χ0) is 44.2. The number of hydrogen-bond acceptors (Lipinski definition) is 9. The van der Waals surface area contributed by atoms with Gasteiger partial charge in [0.05, 0.1) is 13.2 Å². The van der Waals surface area contributed by atoms with Crippen molar-refractivity contribution in [1.82, 2.24) is 0 Å². The van der Waals surface area contributed by atoms with Crippen molar-refractivity contribution in [2.75, 3.05) is 19.8 Å². The Balaban J connectivity index is 4.49. The van der Waals surface area contributed by atoms with E-state index in [0.717, 1.165) is 96.3 Å². The summed E-state index contributed by atoms with van der Waals surface area (Å²) in [5, 5.41) is 8.89. The molecule has 0 rings (SSSR count). The third-order valence-corrected chi connectivity index (χ3v) is 9.47. The van der Waals surface area contributed by atoms with Gasteiger partial charge in [-0.15, -0.1) is 0 Å². The Labute approximate surface area is 361 Å². The molecule has 0 amide bonds. The van der Waals surface area contributed by atoms with Gasteiger partial charge in [0.25, 0.3) is 0 Å². The Hall–Kier alpha value is -3.86. The minimum Gasteiger partial charge on any atom is -0.480 e. The van der Waals surface area contributed by atoms with E-state index in [1.165, 1.54) is 0 Å². The molecule has 0 aromatic carbocycles. The van der Waals surface area contributed by atoms with E-state index in [1.54, 1.807) is 0 Å². The maximum absolute atomic E-state index is 12.6. The SMILES string of the molecule is CC/C=C\C/C=C\C/C=C\C/C=C\C/C=C\CCCC(=O)OC(COC(=O)CCCCCCCC/C=C\C/C=C\C/C=C\C/C=C\CC)COP(=O)(O)OCC(N)C(=O)O. The molecule has 0 saturated carbocycles. The number of carboxylic acids is 1. The van der Waals surface area contributed by atoms with Gasteiger partial charge >= 0.3 is 25.7 Å². The highest BCUT2D eigenvalue weighted by Gasteiger charge is 2.28. The standard InChI is InChI=1S/C48H76NO10P/c1-3-5-7-9-11-13-15-17-19-21-22-24-25-27-29-31-33-35-37-39-46(50)56-41-44(42-57-60(54,55)58-43-45(49)48(52)53)59-47(51)40-38-36-34-32-30-28-26-23-20-18-16-14-12-10-8-6-4-2/h5-8,11-14,17-20,22,24,26,28,32,34,44-45H,3-4,9-10,15-16,21,23,25,27,29-31,33,35-43,49H2,1-2H3,(H,52,53)(H,54,55)/b7-5-,8-6-,13-11-,14-12-,19-17-,20-18-,24-22-,28-26-,34-32-. The van der Waals surface area contributed by atoms with Gasteiger partial charge in [0.2, 0.25) is 0 Å². The Morgan fingerprint density at radius 1 is 0.517 bits per heavy atom. The third kappa shape index (κ3) is 40.9. The number of unbranched alkanes of at least 4 members (excludes halogenated alkanes) is 7. The largest absolute Gasteiger partial charge is 0.480 e. The highest BCUT2D eigenvalue weighted by Crippen LogP contribution is 2.43. The van der Waals surface area contributed by atoms with Crippen LogP contribution in [0.25, 0.3) is 0 Å². The summed E-state index contributed by atoms with van der Waals surface area (Å²) in [5.41, 5.74) is 5.33.